The first kappa shape index (κ1) is 20.4. The van der Waals surface area contributed by atoms with Crippen molar-refractivity contribution in [3.63, 3.8) is 0 Å². The summed E-state index contributed by atoms with van der Waals surface area (Å²) in [5, 5.41) is 5.16. The molecule has 2 amide bonds. The quantitative estimate of drug-likeness (QED) is 0.677. The Morgan fingerprint density at radius 3 is 2.48 bits per heavy atom. The van der Waals surface area contributed by atoms with E-state index in [9.17, 15) is 18.8 Å². The van der Waals surface area contributed by atoms with Gasteiger partial charge in [-0.1, -0.05) is 19.1 Å². The van der Waals surface area contributed by atoms with Crippen LogP contribution in [0.5, 0.6) is 0 Å². The molecule has 0 radical (unpaired) electrons. The maximum absolute atomic E-state index is 12.9. The Hall–Kier alpha value is -2.90. The molecule has 1 atom stereocenters. The van der Waals surface area contributed by atoms with Gasteiger partial charge in [0, 0.05) is 6.42 Å². The molecule has 7 nitrogen and oxygen atoms in total. The van der Waals surface area contributed by atoms with Gasteiger partial charge in [-0.05, 0) is 37.5 Å². The zero-order valence-corrected chi connectivity index (χ0v) is 15.3. The second-order valence-electron chi connectivity index (χ2n) is 5.96. The molecule has 0 unspecified atom stereocenters. The summed E-state index contributed by atoms with van der Waals surface area (Å²) in [7, 11) is 0. The average molecular weight is 378 g/mol. The van der Waals surface area contributed by atoms with Gasteiger partial charge >= 0.3 is 18.0 Å². The summed E-state index contributed by atoms with van der Waals surface area (Å²) in [5.74, 6) is -1.39. The van der Waals surface area contributed by atoms with E-state index in [1.54, 1.807) is 19.1 Å². The van der Waals surface area contributed by atoms with Crippen molar-refractivity contribution in [2.75, 3.05) is 13.2 Å². The second-order valence-corrected chi connectivity index (χ2v) is 5.96. The largest absolute Gasteiger partial charge is 0.463 e. The summed E-state index contributed by atoms with van der Waals surface area (Å²) in [4.78, 5) is 36.0. The Kier molecular flexibility index (Phi) is 7.34. The van der Waals surface area contributed by atoms with Crippen molar-refractivity contribution in [2.24, 2.45) is 0 Å². The Bertz CT molecular complexity index is 730. The topological polar surface area (TPSA) is 93.7 Å². The van der Waals surface area contributed by atoms with Crippen molar-refractivity contribution in [2.45, 2.75) is 39.2 Å². The predicted octanol–water partition coefficient (Wildman–Crippen LogP) is 2.21. The molecule has 0 bridgehead atoms. The van der Waals surface area contributed by atoms with Crippen LogP contribution < -0.4 is 10.6 Å². The smallest absolute Gasteiger partial charge is 0.338 e. The molecule has 0 aromatic heterocycles. The summed E-state index contributed by atoms with van der Waals surface area (Å²) < 4.78 is 23.1. The maximum Gasteiger partial charge on any atom is 0.338 e. The average Bonchev–Trinajstić information content (AvgIpc) is 2.65. The standard InChI is InChI=1S/C19H23FN2O5/c1-3-14-17(18(24)26-4-2)15(22-19(25)21-14)11-27-16(23)10-7-12-5-8-13(20)9-6-12/h5-6,8-9,14H,3-4,7,10-11H2,1-2H3,(H2,21,22,25)/t14-/m0/s1. The lowest BCUT2D eigenvalue weighted by molar-refractivity contribution is -0.143. The van der Waals surface area contributed by atoms with Gasteiger partial charge in [0.05, 0.1) is 23.9 Å². The molecule has 1 heterocycles. The molecule has 1 aliphatic rings. The van der Waals surface area contributed by atoms with Crippen LogP contribution in [0.25, 0.3) is 0 Å². The molecule has 0 spiro atoms. The number of hydrogen-bond acceptors (Lipinski definition) is 5. The number of nitrogens with one attached hydrogen (secondary N) is 2. The Morgan fingerprint density at radius 1 is 1.15 bits per heavy atom. The summed E-state index contributed by atoms with van der Waals surface area (Å²) in [5.41, 5.74) is 1.28. The van der Waals surface area contributed by atoms with Crippen molar-refractivity contribution < 1.29 is 28.2 Å². The highest BCUT2D eigenvalue weighted by Crippen LogP contribution is 2.17. The molecule has 0 saturated carbocycles. The summed E-state index contributed by atoms with van der Waals surface area (Å²) in [6.45, 7) is 3.46. The summed E-state index contributed by atoms with van der Waals surface area (Å²) in [6, 6.07) is 4.88. The second kappa shape index (κ2) is 9.70. The van der Waals surface area contributed by atoms with Gasteiger partial charge in [0.15, 0.2) is 0 Å². The van der Waals surface area contributed by atoms with Crippen molar-refractivity contribution in [1.29, 1.82) is 0 Å². The van der Waals surface area contributed by atoms with Gasteiger partial charge < -0.3 is 20.1 Å². The van der Waals surface area contributed by atoms with Crippen LogP contribution in [0.15, 0.2) is 35.5 Å². The van der Waals surface area contributed by atoms with Crippen LogP contribution in [-0.2, 0) is 25.5 Å². The third kappa shape index (κ3) is 5.80. The monoisotopic (exact) mass is 378 g/mol. The van der Waals surface area contributed by atoms with E-state index in [1.165, 1.54) is 12.1 Å². The number of urea groups is 1. The lowest BCUT2D eigenvalue weighted by Crippen LogP contribution is -2.51. The molecule has 1 aromatic rings. The lowest BCUT2D eigenvalue weighted by atomic mass is 10.0. The lowest BCUT2D eigenvalue weighted by Gasteiger charge is -2.28. The number of benzene rings is 1. The zero-order valence-electron chi connectivity index (χ0n) is 15.3. The number of rotatable bonds is 8. The van der Waals surface area contributed by atoms with E-state index in [0.717, 1.165) is 5.56 Å². The number of halogens is 1. The first-order chi connectivity index (χ1) is 12.9. The van der Waals surface area contributed by atoms with Crippen molar-refractivity contribution >= 4 is 18.0 Å². The first-order valence-electron chi connectivity index (χ1n) is 8.82. The predicted molar refractivity (Wildman–Crippen MR) is 95.1 cm³/mol. The van der Waals surface area contributed by atoms with Gasteiger partial charge in [-0.15, -0.1) is 0 Å². The van der Waals surface area contributed by atoms with E-state index in [4.69, 9.17) is 9.47 Å². The van der Waals surface area contributed by atoms with E-state index < -0.39 is 24.0 Å². The Morgan fingerprint density at radius 2 is 1.85 bits per heavy atom. The van der Waals surface area contributed by atoms with E-state index in [0.29, 0.717) is 12.8 Å². The Balaban J connectivity index is 2.00. The fourth-order valence-corrected chi connectivity index (χ4v) is 2.70. The van der Waals surface area contributed by atoms with E-state index in [-0.39, 0.29) is 36.7 Å². The molecule has 0 fully saturated rings. The molecule has 2 N–H and O–H groups in total. The van der Waals surface area contributed by atoms with Gasteiger partial charge in [-0.25, -0.2) is 14.0 Å². The van der Waals surface area contributed by atoms with Gasteiger partial charge in [-0.3, -0.25) is 4.79 Å². The fraction of sp³-hybridized carbons (Fsp3) is 0.421. The van der Waals surface area contributed by atoms with Crippen LogP contribution in [0, 0.1) is 5.82 Å². The van der Waals surface area contributed by atoms with Crippen LogP contribution in [-0.4, -0.2) is 37.2 Å². The molecule has 1 aromatic carbocycles. The molecular formula is C19H23FN2O5. The molecule has 0 saturated heterocycles. The van der Waals surface area contributed by atoms with Crippen molar-refractivity contribution in [3.8, 4) is 0 Å². The molecule has 8 heteroatoms. The minimum absolute atomic E-state index is 0.0943. The van der Waals surface area contributed by atoms with Gasteiger partial charge in [0.1, 0.15) is 12.4 Å². The zero-order chi connectivity index (χ0) is 19.8. The van der Waals surface area contributed by atoms with Gasteiger partial charge in [-0.2, -0.15) is 0 Å². The minimum Gasteiger partial charge on any atom is -0.463 e. The van der Waals surface area contributed by atoms with Crippen LogP contribution in [0.1, 0.15) is 32.3 Å². The number of esters is 2. The normalized spacial score (nSPS) is 16.4. The molecule has 1 aliphatic heterocycles. The highest BCUT2D eigenvalue weighted by atomic mass is 19.1. The highest BCUT2D eigenvalue weighted by Gasteiger charge is 2.31. The number of carbonyl (C=O) groups is 3. The van der Waals surface area contributed by atoms with Crippen LogP contribution in [0.3, 0.4) is 0 Å². The molecule has 2 rings (SSSR count). The van der Waals surface area contributed by atoms with E-state index in [1.807, 2.05) is 6.92 Å². The first-order valence-corrected chi connectivity index (χ1v) is 8.82. The summed E-state index contributed by atoms with van der Waals surface area (Å²) in [6.07, 6.45) is 0.981. The number of aryl methyl sites for hydroxylation is 1. The highest BCUT2D eigenvalue weighted by molar-refractivity contribution is 5.94. The molecular weight excluding hydrogens is 355 g/mol. The Labute approximate surface area is 156 Å². The summed E-state index contributed by atoms with van der Waals surface area (Å²) >= 11 is 0. The van der Waals surface area contributed by atoms with E-state index >= 15 is 0 Å². The molecule has 0 aliphatic carbocycles. The number of ether oxygens (including phenoxy) is 2. The van der Waals surface area contributed by atoms with Crippen molar-refractivity contribution in [1.82, 2.24) is 10.6 Å². The minimum atomic E-state index is -0.561. The van der Waals surface area contributed by atoms with Gasteiger partial charge in [0.2, 0.25) is 0 Å². The number of carbonyl (C=O) groups excluding carboxylic acids is 3. The SMILES string of the molecule is CCOC(=O)C1=C(COC(=O)CCc2ccc(F)cc2)NC(=O)N[C@H]1CC. The van der Waals surface area contributed by atoms with Gasteiger partial charge in [0.25, 0.3) is 0 Å². The van der Waals surface area contributed by atoms with Crippen molar-refractivity contribution in [3.05, 3.63) is 46.9 Å². The van der Waals surface area contributed by atoms with Crippen LogP contribution in [0.2, 0.25) is 0 Å². The third-order valence-corrected chi connectivity index (χ3v) is 4.06. The van der Waals surface area contributed by atoms with Crippen LogP contribution in [0.4, 0.5) is 9.18 Å². The van der Waals surface area contributed by atoms with E-state index in [2.05, 4.69) is 10.6 Å². The third-order valence-electron chi connectivity index (χ3n) is 4.06. The van der Waals surface area contributed by atoms with Crippen LogP contribution >= 0.6 is 0 Å². The maximum atomic E-state index is 12.9. The number of amides is 2. The number of hydrogen-bond donors (Lipinski definition) is 2. The molecule has 146 valence electrons. The molecule has 27 heavy (non-hydrogen) atoms. The fourth-order valence-electron chi connectivity index (χ4n) is 2.70.